The molecule has 0 aliphatic heterocycles. The Balaban J connectivity index is 2.07. The van der Waals surface area contributed by atoms with Crippen LogP contribution >= 0.6 is 22.9 Å². The van der Waals surface area contributed by atoms with Crippen molar-refractivity contribution in [2.24, 2.45) is 0 Å². The minimum atomic E-state index is -0.324. The monoisotopic (exact) mass is 309 g/mol. The van der Waals surface area contributed by atoms with Gasteiger partial charge in [0.1, 0.15) is 5.75 Å². The van der Waals surface area contributed by atoms with Crippen LogP contribution in [0.3, 0.4) is 0 Å². The molecule has 0 aliphatic carbocycles. The van der Waals surface area contributed by atoms with Crippen LogP contribution in [0.25, 0.3) is 0 Å². The molecule has 3 nitrogen and oxygen atoms in total. The second kappa shape index (κ2) is 5.85. The number of phenols is 1. The number of nitrogens with one attached hydrogen (secondary N) is 1. The van der Waals surface area contributed by atoms with Gasteiger partial charge in [0.15, 0.2) is 0 Å². The highest BCUT2D eigenvalue weighted by Gasteiger charge is 2.23. The molecule has 0 saturated carbocycles. The van der Waals surface area contributed by atoms with Crippen molar-refractivity contribution in [1.82, 2.24) is 5.32 Å². The predicted octanol–water partition coefficient (Wildman–Crippen LogP) is 3.81. The lowest BCUT2D eigenvalue weighted by atomic mass is 9.91. The fourth-order valence-electron chi connectivity index (χ4n) is 1.84. The molecular weight excluding hydrogens is 294 g/mol. The first-order valence-corrected chi connectivity index (χ1v) is 7.46. The van der Waals surface area contributed by atoms with Crippen molar-refractivity contribution >= 4 is 28.8 Å². The Labute approximate surface area is 127 Å². The number of rotatable bonds is 4. The van der Waals surface area contributed by atoms with Gasteiger partial charge < -0.3 is 10.4 Å². The van der Waals surface area contributed by atoms with Gasteiger partial charge in [0.2, 0.25) is 0 Å². The van der Waals surface area contributed by atoms with Crippen molar-refractivity contribution in [3.8, 4) is 5.75 Å². The highest BCUT2D eigenvalue weighted by molar-refractivity contribution is 7.10. The van der Waals surface area contributed by atoms with Gasteiger partial charge in [0, 0.05) is 21.9 Å². The lowest BCUT2D eigenvalue weighted by Gasteiger charge is -2.23. The quantitative estimate of drug-likeness (QED) is 0.902. The van der Waals surface area contributed by atoms with Crippen LogP contribution in [0.2, 0.25) is 5.02 Å². The van der Waals surface area contributed by atoms with Crippen molar-refractivity contribution in [3.63, 3.8) is 0 Å². The van der Waals surface area contributed by atoms with Crippen LogP contribution in [0.5, 0.6) is 5.75 Å². The predicted molar refractivity (Wildman–Crippen MR) is 82.8 cm³/mol. The van der Waals surface area contributed by atoms with E-state index >= 15 is 0 Å². The Morgan fingerprint density at radius 1 is 1.40 bits per heavy atom. The highest BCUT2D eigenvalue weighted by Crippen LogP contribution is 2.27. The van der Waals surface area contributed by atoms with E-state index in [0.717, 1.165) is 0 Å². The third-order valence-corrected chi connectivity index (χ3v) is 4.55. The molecule has 1 heterocycles. The van der Waals surface area contributed by atoms with E-state index in [2.05, 4.69) is 19.2 Å². The molecular formula is C15H16ClNO2S. The molecule has 0 saturated heterocycles. The molecule has 1 amide bonds. The Bertz CT molecular complexity index is 608. The number of hydrogen-bond donors (Lipinski definition) is 2. The summed E-state index contributed by atoms with van der Waals surface area (Å²) in [5.74, 6) is -0.393. The number of carbonyl (C=O) groups excluding carboxylic acids is 1. The topological polar surface area (TPSA) is 49.3 Å². The van der Waals surface area contributed by atoms with Crippen LogP contribution < -0.4 is 5.32 Å². The molecule has 2 aromatic rings. The van der Waals surface area contributed by atoms with Gasteiger partial charge in [-0.15, -0.1) is 11.3 Å². The van der Waals surface area contributed by atoms with E-state index in [1.54, 1.807) is 17.4 Å². The summed E-state index contributed by atoms with van der Waals surface area (Å²) >= 11 is 7.50. The summed E-state index contributed by atoms with van der Waals surface area (Å²) in [7, 11) is 0. The molecule has 0 bridgehead atoms. The van der Waals surface area contributed by atoms with E-state index in [9.17, 15) is 9.90 Å². The highest BCUT2D eigenvalue weighted by atomic mass is 35.5. The molecule has 20 heavy (non-hydrogen) atoms. The number of hydrogen-bond acceptors (Lipinski definition) is 3. The van der Waals surface area contributed by atoms with Crippen LogP contribution in [0.4, 0.5) is 0 Å². The first-order valence-electron chi connectivity index (χ1n) is 6.21. The van der Waals surface area contributed by atoms with Gasteiger partial charge in [0.25, 0.3) is 5.91 Å². The number of phenolic OH excluding ortho intramolecular Hbond substituents is 1. The van der Waals surface area contributed by atoms with Gasteiger partial charge in [-0.2, -0.15) is 0 Å². The van der Waals surface area contributed by atoms with Gasteiger partial charge in [0.05, 0.1) is 5.56 Å². The van der Waals surface area contributed by atoms with Crippen LogP contribution in [-0.2, 0) is 5.41 Å². The third-order valence-electron chi connectivity index (χ3n) is 3.08. The van der Waals surface area contributed by atoms with E-state index in [-0.39, 0.29) is 22.6 Å². The van der Waals surface area contributed by atoms with E-state index in [4.69, 9.17) is 11.6 Å². The molecule has 1 aromatic heterocycles. The molecule has 0 fully saturated rings. The zero-order chi connectivity index (χ0) is 14.8. The summed E-state index contributed by atoms with van der Waals surface area (Å²) in [5, 5.41) is 15.0. The smallest absolute Gasteiger partial charge is 0.255 e. The molecule has 2 N–H and O–H groups in total. The fraction of sp³-hybridized carbons (Fsp3) is 0.267. The molecule has 1 aromatic carbocycles. The van der Waals surface area contributed by atoms with Gasteiger partial charge in [-0.05, 0) is 29.6 Å². The Morgan fingerprint density at radius 2 is 2.15 bits per heavy atom. The number of amides is 1. The summed E-state index contributed by atoms with van der Waals surface area (Å²) in [6.07, 6.45) is 0. The number of benzene rings is 1. The normalized spacial score (nSPS) is 11.3. The molecule has 0 atom stereocenters. The first-order chi connectivity index (χ1) is 9.40. The van der Waals surface area contributed by atoms with Gasteiger partial charge in [-0.3, -0.25) is 4.79 Å². The van der Waals surface area contributed by atoms with Gasteiger partial charge >= 0.3 is 0 Å². The van der Waals surface area contributed by atoms with Crippen LogP contribution in [0, 0.1) is 0 Å². The maximum Gasteiger partial charge on any atom is 0.255 e. The number of halogens is 1. The van der Waals surface area contributed by atoms with E-state index in [1.807, 2.05) is 17.5 Å². The van der Waals surface area contributed by atoms with Crippen LogP contribution in [0.15, 0.2) is 35.7 Å². The van der Waals surface area contributed by atoms with Crippen molar-refractivity contribution in [1.29, 1.82) is 0 Å². The zero-order valence-corrected chi connectivity index (χ0v) is 12.9. The summed E-state index contributed by atoms with van der Waals surface area (Å²) in [4.78, 5) is 13.3. The molecule has 0 spiro atoms. The molecule has 0 radical (unpaired) electrons. The molecule has 5 heteroatoms. The largest absolute Gasteiger partial charge is 0.507 e. The minimum absolute atomic E-state index is 0.0687. The maximum atomic E-state index is 12.1. The second-order valence-electron chi connectivity index (χ2n) is 5.21. The average molecular weight is 310 g/mol. The molecule has 106 valence electrons. The molecule has 0 unspecified atom stereocenters. The third kappa shape index (κ3) is 3.32. The minimum Gasteiger partial charge on any atom is -0.507 e. The van der Waals surface area contributed by atoms with Gasteiger partial charge in [-0.1, -0.05) is 31.5 Å². The van der Waals surface area contributed by atoms with E-state index < -0.39 is 0 Å². The fourth-order valence-corrected chi connectivity index (χ4v) is 2.86. The van der Waals surface area contributed by atoms with Crippen molar-refractivity contribution < 1.29 is 9.90 Å². The Kier molecular flexibility index (Phi) is 4.35. The van der Waals surface area contributed by atoms with Crippen molar-refractivity contribution in [2.75, 3.05) is 6.54 Å². The molecule has 0 aliphatic rings. The maximum absolute atomic E-state index is 12.1. The van der Waals surface area contributed by atoms with Crippen molar-refractivity contribution in [3.05, 3.63) is 51.2 Å². The Hall–Kier alpha value is -1.52. The lowest BCUT2D eigenvalue weighted by Crippen LogP contribution is -2.36. The van der Waals surface area contributed by atoms with Crippen LogP contribution in [-0.4, -0.2) is 17.6 Å². The van der Waals surface area contributed by atoms with Crippen LogP contribution in [0.1, 0.15) is 29.1 Å². The summed E-state index contributed by atoms with van der Waals surface area (Å²) in [5.41, 5.74) is 0.0392. The average Bonchev–Trinajstić information content (AvgIpc) is 2.93. The lowest BCUT2D eigenvalue weighted by molar-refractivity contribution is 0.0943. The summed E-state index contributed by atoms with van der Waals surface area (Å²) < 4.78 is 0. The standard InChI is InChI=1S/C15H16ClNO2S/c1-15(2,13-4-3-7-20-13)9-17-14(19)11-8-10(16)5-6-12(11)18/h3-8,18H,9H2,1-2H3,(H,17,19). The summed E-state index contributed by atoms with van der Waals surface area (Å²) in [6.45, 7) is 4.62. The van der Waals surface area contributed by atoms with Crippen molar-refractivity contribution in [2.45, 2.75) is 19.3 Å². The SMILES string of the molecule is CC(C)(CNC(=O)c1cc(Cl)ccc1O)c1cccs1. The van der Waals surface area contributed by atoms with Gasteiger partial charge in [-0.25, -0.2) is 0 Å². The van der Waals surface area contributed by atoms with E-state index in [0.29, 0.717) is 11.6 Å². The molecule has 2 rings (SSSR count). The first kappa shape index (κ1) is 14.9. The second-order valence-corrected chi connectivity index (χ2v) is 6.59. The summed E-state index contributed by atoms with van der Waals surface area (Å²) in [6, 6.07) is 8.47. The zero-order valence-electron chi connectivity index (χ0n) is 11.3. The number of carbonyl (C=O) groups is 1. The number of aromatic hydroxyl groups is 1. The number of thiophene rings is 1. The van der Waals surface area contributed by atoms with E-state index in [1.165, 1.54) is 17.0 Å². The Morgan fingerprint density at radius 3 is 2.80 bits per heavy atom.